The Morgan fingerprint density at radius 3 is 2.59 bits per heavy atom. The number of aryl methyl sites for hydroxylation is 1. The number of amides is 1. The van der Waals surface area contributed by atoms with Crippen LogP contribution in [0.3, 0.4) is 0 Å². The Labute approximate surface area is 162 Å². The van der Waals surface area contributed by atoms with Crippen LogP contribution in [-0.2, 0) is 21.2 Å². The van der Waals surface area contributed by atoms with Crippen molar-refractivity contribution in [2.45, 2.75) is 50.3 Å². The monoisotopic (exact) mass is 394 g/mol. The van der Waals surface area contributed by atoms with Crippen molar-refractivity contribution in [1.82, 2.24) is 9.21 Å². The molecule has 0 saturated carbocycles. The smallest absolute Gasteiger partial charge is 0.243 e. The Balaban J connectivity index is 1.73. The molecule has 1 amide bonds. The van der Waals surface area contributed by atoms with E-state index in [0.717, 1.165) is 37.9 Å². The maximum atomic E-state index is 12.8. The molecule has 1 atom stereocenters. The molecule has 2 saturated heterocycles. The van der Waals surface area contributed by atoms with Gasteiger partial charge in [-0.25, -0.2) is 8.42 Å². The number of piperidine rings is 1. The fourth-order valence-corrected chi connectivity index (χ4v) is 5.57. The van der Waals surface area contributed by atoms with Gasteiger partial charge in [-0.2, -0.15) is 4.31 Å². The van der Waals surface area contributed by atoms with Crippen molar-refractivity contribution >= 4 is 15.9 Å². The van der Waals surface area contributed by atoms with E-state index in [2.05, 4.69) is 6.92 Å². The number of nitrogens with zero attached hydrogens (tertiary/aromatic N) is 2. The van der Waals surface area contributed by atoms with E-state index in [9.17, 15) is 13.2 Å². The number of ether oxygens (including phenoxy) is 1. The maximum absolute atomic E-state index is 12.8. The number of carbonyl (C=O) groups is 1. The van der Waals surface area contributed by atoms with Gasteiger partial charge in [0.1, 0.15) is 5.75 Å². The van der Waals surface area contributed by atoms with Gasteiger partial charge in [-0.05, 0) is 61.8 Å². The maximum Gasteiger partial charge on any atom is 0.243 e. The Kier molecular flexibility index (Phi) is 6.42. The summed E-state index contributed by atoms with van der Waals surface area (Å²) >= 11 is 0. The molecule has 0 unspecified atom stereocenters. The van der Waals surface area contributed by atoms with Crippen LogP contribution in [0.5, 0.6) is 5.75 Å². The van der Waals surface area contributed by atoms with Crippen molar-refractivity contribution in [3.63, 3.8) is 0 Å². The lowest BCUT2D eigenvalue weighted by atomic mass is 9.99. The highest BCUT2D eigenvalue weighted by Crippen LogP contribution is 2.27. The van der Waals surface area contributed by atoms with E-state index in [0.29, 0.717) is 42.5 Å². The molecule has 2 aliphatic rings. The van der Waals surface area contributed by atoms with Crippen molar-refractivity contribution in [2.24, 2.45) is 5.92 Å². The van der Waals surface area contributed by atoms with E-state index < -0.39 is 10.0 Å². The molecule has 0 bridgehead atoms. The summed E-state index contributed by atoms with van der Waals surface area (Å²) in [6, 6.07) is 4.98. The number of benzene rings is 1. The fourth-order valence-electron chi connectivity index (χ4n) is 4.00. The molecule has 1 aromatic carbocycles. The summed E-state index contributed by atoms with van der Waals surface area (Å²) in [5.41, 5.74) is 0.774. The number of hydrogen-bond donors (Lipinski definition) is 0. The van der Waals surface area contributed by atoms with Crippen LogP contribution in [0.15, 0.2) is 23.1 Å². The number of carbonyl (C=O) groups excluding carboxylic acids is 1. The second kappa shape index (κ2) is 8.61. The number of likely N-dealkylation sites (tertiary alicyclic amines) is 1. The van der Waals surface area contributed by atoms with Crippen molar-refractivity contribution in [3.05, 3.63) is 23.8 Å². The number of sulfonamides is 1. The van der Waals surface area contributed by atoms with Crippen molar-refractivity contribution < 1.29 is 17.9 Å². The van der Waals surface area contributed by atoms with Gasteiger partial charge in [-0.1, -0.05) is 6.92 Å². The molecule has 1 aromatic rings. The molecule has 27 heavy (non-hydrogen) atoms. The zero-order valence-corrected chi connectivity index (χ0v) is 17.1. The van der Waals surface area contributed by atoms with E-state index in [-0.39, 0.29) is 5.91 Å². The third kappa shape index (κ3) is 4.63. The molecular weight excluding hydrogens is 364 g/mol. The standard InChI is InChI=1S/C20H30N2O4S/c1-16-6-5-11-21(15-16)20(23)10-7-17-14-18(8-9-19(17)26-2)27(24,25)22-12-3-4-13-22/h8-9,14,16H,3-7,10-13,15H2,1-2H3/t16-/m0/s1. The van der Waals surface area contributed by atoms with Gasteiger partial charge in [0, 0.05) is 32.6 Å². The Morgan fingerprint density at radius 1 is 1.19 bits per heavy atom. The van der Waals surface area contributed by atoms with Gasteiger partial charge in [0.2, 0.25) is 15.9 Å². The highest BCUT2D eigenvalue weighted by molar-refractivity contribution is 7.89. The molecule has 2 heterocycles. The van der Waals surface area contributed by atoms with E-state index in [1.807, 2.05) is 4.90 Å². The molecule has 2 fully saturated rings. The number of rotatable bonds is 6. The summed E-state index contributed by atoms with van der Waals surface area (Å²) < 4.78 is 32.6. The van der Waals surface area contributed by atoms with Crippen LogP contribution >= 0.6 is 0 Å². The lowest BCUT2D eigenvalue weighted by molar-refractivity contribution is -0.132. The largest absolute Gasteiger partial charge is 0.496 e. The molecule has 150 valence electrons. The minimum Gasteiger partial charge on any atom is -0.496 e. The van der Waals surface area contributed by atoms with Gasteiger partial charge in [-0.15, -0.1) is 0 Å². The van der Waals surface area contributed by atoms with Gasteiger partial charge >= 0.3 is 0 Å². The summed E-state index contributed by atoms with van der Waals surface area (Å²) in [7, 11) is -1.90. The SMILES string of the molecule is COc1ccc(S(=O)(=O)N2CCCC2)cc1CCC(=O)N1CCC[C@H](C)C1. The summed E-state index contributed by atoms with van der Waals surface area (Å²) in [4.78, 5) is 14.8. The van der Waals surface area contributed by atoms with Crippen molar-refractivity contribution in [3.8, 4) is 5.75 Å². The van der Waals surface area contributed by atoms with E-state index in [1.165, 1.54) is 6.42 Å². The zero-order chi connectivity index (χ0) is 19.4. The van der Waals surface area contributed by atoms with Crippen LogP contribution in [-0.4, -0.2) is 56.8 Å². The van der Waals surface area contributed by atoms with E-state index in [1.54, 1.807) is 29.6 Å². The number of methoxy groups -OCH3 is 1. The van der Waals surface area contributed by atoms with Crippen LogP contribution < -0.4 is 4.74 Å². The van der Waals surface area contributed by atoms with E-state index in [4.69, 9.17) is 4.74 Å². The van der Waals surface area contributed by atoms with Crippen molar-refractivity contribution in [2.75, 3.05) is 33.3 Å². The average molecular weight is 395 g/mol. The van der Waals surface area contributed by atoms with E-state index >= 15 is 0 Å². The van der Waals surface area contributed by atoms with Gasteiger partial charge in [-0.3, -0.25) is 4.79 Å². The zero-order valence-electron chi connectivity index (χ0n) is 16.3. The normalized spacial score (nSPS) is 21.4. The van der Waals surface area contributed by atoms with Crippen LogP contribution in [0.1, 0.15) is 44.6 Å². The van der Waals surface area contributed by atoms with Gasteiger partial charge in [0.25, 0.3) is 0 Å². The fraction of sp³-hybridized carbons (Fsp3) is 0.650. The quantitative estimate of drug-likeness (QED) is 0.744. The molecule has 0 radical (unpaired) electrons. The molecule has 2 aliphatic heterocycles. The first kappa shape index (κ1) is 20.1. The molecular formula is C20H30N2O4S. The minimum absolute atomic E-state index is 0.136. The third-order valence-electron chi connectivity index (χ3n) is 5.57. The first-order chi connectivity index (χ1) is 12.9. The summed E-state index contributed by atoms with van der Waals surface area (Å²) in [5.74, 6) is 1.32. The molecule has 7 heteroatoms. The highest BCUT2D eigenvalue weighted by atomic mass is 32.2. The number of hydrogen-bond acceptors (Lipinski definition) is 4. The molecule has 0 spiro atoms. The van der Waals surface area contributed by atoms with Gasteiger partial charge in [0.05, 0.1) is 12.0 Å². The predicted octanol–water partition coefficient (Wildman–Crippen LogP) is 2.67. The predicted molar refractivity (Wildman–Crippen MR) is 104 cm³/mol. The highest BCUT2D eigenvalue weighted by Gasteiger charge is 2.28. The lowest BCUT2D eigenvalue weighted by Gasteiger charge is -2.31. The molecule has 0 N–H and O–H groups in total. The molecule has 3 rings (SSSR count). The molecule has 0 aromatic heterocycles. The second-order valence-electron chi connectivity index (χ2n) is 7.67. The first-order valence-corrected chi connectivity index (χ1v) is 11.3. The summed E-state index contributed by atoms with van der Waals surface area (Å²) in [6.07, 6.45) is 4.90. The summed E-state index contributed by atoms with van der Waals surface area (Å²) in [6.45, 7) is 4.98. The van der Waals surface area contributed by atoms with Crippen LogP contribution in [0.4, 0.5) is 0 Å². The second-order valence-corrected chi connectivity index (χ2v) is 9.61. The van der Waals surface area contributed by atoms with Crippen molar-refractivity contribution in [1.29, 1.82) is 0 Å². The van der Waals surface area contributed by atoms with Crippen LogP contribution in [0.25, 0.3) is 0 Å². The summed E-state index contributed by atoms with van der Waals surface area (Å²) in [5, 5.41) is 0. The lowest BCUT2D eigenvalue weighted by Crippen LogP contribution is -2.39. The molecule has 0 aliphatic carbocycles. The third-order valence-corrected chi connectivity index (χ3v) is 7.47. The van der Waals surface area contributed by atoms with Gasteiger partial charge < -0.3 is 9.64 Å². The average Bonchev–Trinajstić information content (AvgIpc) is 3.21. The Bertz CT molecular complexity index is 772. The van der Waals surface area contributed by atoms with Gasteiger partial charge in [0.15, 0.2) is 0 Å². The topological polar surface area (TPSA) is 66.9 Å². The minimum atomic E-state index is -3.47. The van der Waals surface area contributed by atoms with Crippen LogP contribution in [0, 0.1) is 5.92 Å². The molecule has 6 nitrogen and oxygen atoms in total. The first-order valence-electron chi connectivity index (χ1n) is 9.86. The van der Waals surface area contributed by atoms with Crippen LogP contribution in [0.2, 0.25) is 0 Å². The Hall–Kier alpha value is -1.60. The Morgan fingerprint density at radius 2 is 1.93 bits per heavy atom.